The molecule has 0 heterocycles. The average molecular weight is 433 g/mol. The number of anilines is 1. The lowest BCUT2D eigenvalue weighted by atomic mass is 10.1. The van der Waals surface area contributed by atoms with Crippen LogP contribution in [0.3, 0.4) is 0 Å². The van der Waals surface area contributed by atoms with Gasteiger partial charge in [-0.3, -0.25) is 9.59 Å². The van der Waals surface area contributed by atoms with E-state index in [0.29, 0.717) is 5.69 Å². The van der Waals surface area contributed by atoms with E-state index in [1.54, 1.807) is 36.4 Å². The highest BCUT2D eigenvalue weighted by atomic mass is 32.1. The van der Waals surface area contributed by atoms with Gasteiger partial charge in [0.1, 0.15) is 0 Å². The molecular formula is C24H20N2O4S. The second kappa shape index (κ2) is 10.3. The average Bonchev–Trinajstić information content (AvgIpc) is 2.75. The molecule has 3 rings (SSSR count). The third kappa shape index (κ3) is 6.07. The first kappa shape index (κ1) is 21.9. The summed E-state index contributed by atoms with van der Waals surface area (Å²) in [5.41, 5.74) is 1.93. The van der Waals surface area contributed by atoms with Crippen molar-refractivity contribution in [2.45, 2.75) is 12.8 Å². The summed E-state index contributed by atoms with van der Waals surface area (Å²) in [5, 5.41) is 11.9. The summed E-state index contributed by atoms with van der Waals surface area (Å²) in [6.45, 7) is 0. The van der Waals surface area contributed by atoms with Gasteiger partial charge in [-0.15, -0.1) is 0 Å². The molecule has 0 bridgehead atoms. The van der Waals surface area contributed by atoms with Gasteiger partial charge in [0.25, 0.3) is 0 Å². The molecule has 156 valence electrons. The lowest BCUT2D eigenvalue weighted by molar-refractivity contribution is -0.138. The summed E-state index contributed by atoms with van der Waals surface area (Å²) in [4.78, 5) is 38.2. The van der Waals surface area contributed by atoms with E-state index >= 15 is 0 Å². The number of aromatic carboxylic acids is 1. The molecule has 0 saturated heterocycles. The van der Waals surface area contributed by atoms with E-state index in [-0.39, 0.29) is 23.5 Å². The van der Waals surface area contributed by atoms with Gasteiger partial charge in [-0.05, 0) is 41.5 Å². The van der Waals surface area contributed by atoms with Gasteiger partial charge >= 0.3 is 5.97 Å². The predicted molar refractivity (Wildman–Crippen MR) is 122 cm³/mol. The fraction of sp³-hybridized carbons (Fsp3) is 0.0833. The maximum absolute atomic E-state index is 13.0. The van der Waals surface area contributed by atoms with Gasteiger partial charge in [-0.2, -0.15) is 0 Å². The number of amides is 2. The smallest absolute Gasteiger partial charge is 0.335 e. The highest BCUT2D eigenvalue weighted by Gasteiger charge is 2.26. The molecule has 7 heteroatoms. The SMILES string of the molecule is O=C(O)c1cccc(NC(=S)N(C(=O)Cc2ccccc2)C(=O)Cc2ccccc2)c1. The second-order valence-corrected chi connectivity index (χ2v) is 7.15. The molecule has 0 fully saturated rings. The predicted octanol–water partition coefficient (Wildman–Crippen LogP) is 3.92. The molecule has 0 radical (unpaired) electrons. The lowest BCUT2D eigenvalue weighted by Gasteiger charge is -2.23. The van der Waals surface area contributed by atoms with Crippen molar-refractivity contribution in [3.63, 3.8) is 0 Å². The maximum atomic E-state index is 13.0. The number of hydrogen-bond donors (Lipinski definition) is 2. The van der Waals surface area contributed by atoms with Crippen LogP contribution in [0, 0.1) is 0 Å². The Morgan fingerprint density at radius 2 is 1.29 bits per heavy atom. The number of nitrogens with zero attached hydrogens (tertiary/aromatic N) is 1. The molecule has 0 spiro atoms. The second-order valence-electron chi connectivity index (χ2n) is 6.76. The van der Waals surface area contributed by atoms with Crippen molar-refractivity contribution in [1.82, 2.24) is 4.90 Å². The molecule has 2 N–H and O–H groups in total. The molecular weight excluding hydrogens is 412 g/mol. The quantitative estimate of drug-likeness (QED) is 0.574. The maximum Gasteiger partial charge on any atom is 0.335 e. The van der Waals surface area contributed by atoms with Crippen molar-refractivity contribution < 1.29 is 19.5 Å². The molecule has 3 aromatic rings. The first-order valence-electron chi connectivity index (χ1n) is 9.52. The number of carbonyl (C=O) groups is 3. The van der Waals surface area contributed by atoms with E-state index in [1.807, 2.05) is 36.4 Å². The number of rotatable bonds is 6. The number of carbonyl (C=O) groups excluding carboxylic acids is 2. The van der Waals surface area contributed by atoms with Gasteiger partial charge in [0.2, 0.25) is 11.8 Å². The summed E-state index contributed by atoms with van der Waals surface area (Å²) in [6, 6.07) is 24.1. The summed E-state index contributed by atoms with van der Waals surface area (Å²) in [5.74, 6) is -2.04. The molecule has 0 aliphatic heterocycles. The minimum Gasteiger partial charge on any atom is -0.478 e. The number of carboxylic acids is 1. The van der Waals surface area contributed by atoms with Crippen molar-refractivity contribution in [1.29, 1.82) is 0 Å². The van der Waals surface area contributed by atoms with Gasteiger partial charge in [0.05, 0.1) is 18.4 Å². The van der Waals surface area contributed by atoms with E-state index in [1.165, 1.54) is 12.1 Å². The molecule has 0 aromatic heterocycles. The topological polar surface area (TPSA) is 86.7 Å². The van der Waals surface area contributed by atoms with Crippen LogP contribution in [0.2, 0.25) is 0 Å². The summed E-state index contributed by atoms with van der Waals surface area (Å²) in [6.07, 6.45) is -0.00326. The van der Waals surface area contributed by atoms with Crippen molar-refractivity contribution in [2.24, 2.45) is 0 Å². The van der Waals surface area contributed by atoms with Gasteiger partial charge in [-0.1, -0.05) is 66.7 Å². The first-order valence-corrected chi connectivity index (χ1v) is 9.93. The number of hydrogen-bond acceptors (Lipinski definition) is 4. The van der Waals surface area contributed by atoms with Gasteiger partial charge in [0, 0.05) is 5.69 Å². The molecule has 0 unspecified atom stereocenters. The van der Waals surface area contributed by atoms with Crippen LogP contribution < -0.4 is 5.32 Å². The van der Waals surface area contributed by atoms with Crippen LogP contribution in [-0.4, -0.2) is 32.9 Å². The minimum atomic E-state index is -1.09. The minimum absolute atomic E-state index is 0.00163. The van der Waals surface area contributed by atoms with Crippen LogP contribution in [0.4, 0.5) is 5.69 Å². The van der Waals surface area contributed by atoms with Crippen LogP contribution >= 0.6 is 12.2 Å². The van der Waals surface area contributed by atoms with Crippen LogP contribution in [0.5, 0.6) is 0 Å². The van der Waals surface area contributed by atoms with Crippen LogP contribution in [0.15, 0.2) is 84.9 Å². The first-order chi connectivity index (χ1) is 14.9. The number of imide groups is 1. The van der Waals surface area contributed by atoms with E-state index in [4.69, 9.17) is 12.2 Å². The largest absolute Gasteiger partial charge is 0.478 e. The van der Waals surface area contributed by atoms with E-state index < -0.39 is 17.8 Å². The zero-order valence-electron chi connectivity index (χ0n) is 16.5. The molecule has 0 aliphatic rings. The van der Waals surface area contributed by atoms with Gasteiger partial charge in [-0.25, -0.2) is 9.69 Å². The normalized spacial score (nSPS) is 10.2. The van der Waals surface area contributed by atoms with Crippen molar-refractivity contribution in [2.75, 3.05) is 5.32 Å². The van der Waals surface area contributed by atoms with Crippen molar-refractivity contribution >= 4 is 40.8 Å². The Morgan fingerprint density at radius 3 is 1.77 bits per heavy atom. The molecule has 31 heavy (non-hydrogen) atoms. The Morgan fingerprint density at radius 1 is 0.774 bits per heavy atom. The number of nitrogens with one attached hydrogen (secondary N) is 1. The Kier molecular flexibility index (Phi) is 7.24. The Hall–Kier alpha value is -3.84. The van der Waals surface area contributed by atoms with Crippen LogP contribution in [0.1, 0.15) is 21.5 Å². The molecule has 6 nitrogen and oxygen atoms in total. The van der Waals surface area contributed by atoms with Crippen LogP contribution in [0.25, 0.3) is 0 Å². The van der Waals surface area contributed by atoms with Gasteiger partial charge in [0.15, 0.2) is 5.11 Å². The molecule has 3 aromatic carbocycles. The zero-order valence-corrected chi connectivity index (χ0v) is 17.3. The van der Waals surface area contributed by atoms with E-state index in [0.717, 1.165) is 16.0 Å². The van der Waals surface area contributed by atoms with Crippen LogP contribution in [-0.2, 0) is 22.4 Å². The molecule has 0 atom stereocenters. The van der Waals surface area contributed by atoms with Crippen molar-refractivity contribution in [3.05, 3.63) is 102 Å². The van der Waals surface area contributed by atoms with Crippen molar-refractivity contribution in [3.8, 4) is 0 Å². The van der Waals surface area contributed by atoms with Gasteiger partial charge < -0.3 is 10.4 Å². The zero-order chi connectivity index (χ0) is 22.2. The Bertz CT molecular complexity index is 1050. The fourth-order valence-electron chi connectivity index (χ4n) is 2.97. The molecule has 0 saturated carbocycles. The Labute approximate surface area is 185 Å². The number of benzene rings is 3. The highest BCUT2D eigenvalue weighted by molar-refractivity contribution is 7.80. The molecule has 2 amide bonds. The summed E-state index contributed by atoms with van der Waals surface area (Å²) in [7, 11) is 0. The van der Waals surface area contributed by atoms with E-state index in [2.05, 4.69) is 5.32 Å². The Balaban J connectivity index is 1.84. The number of carboxylic acid groups (broad SMARTS) is 1. The standard InChI is InChI=1S/C24H20N2O4S/c27-21(14-17-8-3-1-4-9-17)26(22(28)15-18-10-5-2-6-11-18)24(31)25-20-13-7-12-19(16-20)23(29)30/h1-13,16H,14-15H2,(H,25,31)(H,29,30). The third-order valence-electron chi connectivity index (χ3n) is 4.46. The highest BCUT2D eigenvalue weighted by Crippen LogP contribution is 2.14. The lowest BCUT2D eigenvalue weighted by Crippen LogP contribution is -2.45. The fourth-order valence-corrected chi connectivity index (χ4v) is 3.30. The third-order valence-corrected chi connectivity index (χ3v) is 4.74. The summed E-state index contributed by atoms with van der Waals surface area (Å²) >= 11 is 5.38. The summed E-state index contributed by atoms with van der Waals surface area (Å²) < 4.78 is 0. The van der Waals surface area contributed by atoms with E-state index in [9.17, 15) is 19.5 Å². The monoisotopic (exact) mass is 432 g/mol. The number of thiocarbonyl (C=S) groups is 1. The molecule has 0 aliphatic carbocycles.